The maximum Gasteiger partial charge on any atom is 0.120 e. The van der Waals surface area contributed by atoms with E-state index in [2.05, 4.69) is 26.2 Å². The van der Waals surface area contributed by atoms with Crippen molar-refractivity contribution in [3.8, 4) is 5.75 Å². The lowest BCUT2D eigenvalue weighted by Gasteiger charge is -2.17. The highest BCUT2D eigenvalue weighted by atomic mass is 79.9. The first-order chi connectivity index (χ1) is 10.1. The fourth-order valence-corrected chi connectivity index (χ4v) is 2.25. The molecule has 2 atom stereocenters. The molecule has 0 bridgehead atoms. The Bertz CT molecular complexity index is 551. The zero-order chi connectivity index (χ0) is 15.1. The van der Waals surface area contributed by atoms with Gasteiger partial charge < -0.3 is 15.2 Å². The van der Waals surface area contributed by atoms with E-state index in [1.54, 1.807) is 6.20 Å². The summed E-state index contributed by atoms with van der Waals surface area (Å²) in [6, 6.07) is 11.6. The number of hydrogen-bond acceptors (Lipinski definition) is 4. The number of aliphatic hydroxyl groups excluding tert-OH is 1. The third-order valence-corrected chi connectivity index (χ3v) is 3.58. The van der Waals surface area contributed by atoms with Gasteiger partial charge >= 0.3 is 0 Å². The SMILES string of the molecule is C[C@H](NCC(O)COc1cccc(Br)c1)c1cccnc1. The molecule has 1 unspecified atom stereocenters. The monoisotopic (exact) mass is 350 g/mol. The molecule has 0 aliphatic heterocycles. The second-order valence-corrected chi connectivity index (χ2v) is 5.75. The number of rotatable bonds is 7. The Morgan fingerprint density at radius 1 is 1.33 bits per heavy atom. The molecule has 0 aliphatic carbocycles. The summed E-state index contributed by atoms with van der Waals surface area (Å²) in [7, 11) is 0. The first kappa shape index (κ1) is 15.9. The number of nitrogens with one attached hydrogen (secondary N) is 1. The van der Waals surface area contributed by atoms with Crippen LogP contribution in [-0.4, -0.2) is 29.3 Å². The third kappa shape index (κ3) is 5.46. The predicted octanol–water partition coefficient (Wildman–Crippen LogP) is 2.93. The van der Waals surface area contributed by atoms with Gasteiger partial charge in [-0.05, 0) is 36.8 Å². The second kappa shape index (κ2) is 8.12. The van der Waals surface area contributed by atoms with Crippen LogP contribution in [-0.2, 0) is 0 Å². The lowest BCUT2D eigenvalue weighted by atomic mass is 10.1. The first-order valence-corrected chi connectivity index (χ1v) is 7.64. The molecule has 21 heavy (non-hydrogen) atoms. The fourth-order valence-electron chi connectivity index (χ4n) is 1.87. The highest BCUT2D eigenvalue weighted by Gasteiger charge is 2.09. The maximum absolute atomic E-state index is 9.96. The van der Waals surface area contributed by atoms with E-state index in [0.29, 0.717) is 6.54 Å². The molecule has 1 heterocycles. The van der Waals surface area contributed by atoms with Crippen LogP contribution in [0.4, 0.5) is 0 Å². The average Bonchev–Trinajstić information content (AvgIpc) is 2.51. The van der Waals surface area contributed by atoms with Crippen LogP contribution in [0.3, 0.4) is 0 Å². The van der Waals surface area contributed by atoms with Gasteiger partial charge in [0.15, 0.2) is 0 Å². The van der Waals surface area contributed by atoms with Crippen LogP contribution in [0.25, 0.3) is 0 Å². The normalized spacial score (nSPS) is 13.7. The van der Waals surface area contributed by atoms with Crippen molar-refractivity contribution in [2.24, 2.45) is 0 Å². The molecule has 2 aromatic rings. The number of pyridine rings is 1. The number of nitrogens with zero attached hydrogens (tertiary/aromatic N) is 1. The van der Waals surface area contributed by atoms with Crippen LogP contribution in [0.5, 0.6) is 5.75 Å². The highest BCUT2D eigenvalue weighted by Crippen LogP contribution is 2.17. The smallest absolute Gasteiger partial charge is 0.120 e. The molecule has 112 valence electrons. The van der Waals surface area contributed by atoms with E-state index in [-0.39, 0.29) is 12.6 Å². The summed E-state index contributed by atoms with van der Waals surface area (Å²) in [6.45, 7) is 2.76. The van der Waals surface area contributed by atoms with Crippen molar-refractivity contribution in [2.45, 2.75) is 19.1 Å². The molecule has 1 aromatic carbocycles. The van der Waals surface area contributed by atoms with Crippen LogP contribution in [0.2, 0.25) is 0 Å². The lowest BCUT2D eigenvalue weighted by Crippen LogP contribution is -2.33. The summed E-state index contributed by atoms with van der Waals surface area (Å²) < 4.78 is 6.51. The molecule has 2 N–H and O–H groups in total. The minimum Gasteiger partial charge on any atom is -0.491 e. The maximum atomic E-state index is 9.96. The number of benzene rings is 1. The van der Waals surface area contributed by atoms with E-state index in [4.69, 9.17) is 4.74 Å². The van der Waals surface area contributed by atoms with Crippen LogP contribution in [0, 0.1) is 0 Å². The number of hydrogen-bond donors (Lipinski definition) is 2. The topological polar surface area (TPSA) is 54.4 Å². The summed E-state index contributed by atoms with van der Waals surface area (Å²) in [5.41, 5.74) is 1.10. The minimum absolute atomic E-state index is 0.138. The molecule has 0 aliphatic rings. The van der Waals surface area contributed by atoms with Crippen molar-refractivity contribution < 1.29 is 9.84 Å². The molecule has 0 spiro atoms. The van der Waals surface area contributed by atoms with Gasteiger partial charge in [-0.3, -0.25) is 4.98 Å². The Labute approximate surface area is 133 Å². The van der Waals surface area contributed by atoms with Crippen LogP contribution in [0.1, 0.15) is 18.5 Å². The molecule has 0 amide bonds. The van der Waals surface area contributed by atoms with Crippen molar-refractivity contribution in [1.82, 2.24) is 10.3 Å². The molecular formula is C16H19BrN2O2. The number of ether oxygens (including phenoxy) is 1. The average molecular weight is 351 g/mol. The Hall–Kier alpha value is -1.43. The van der Waals surface area contributed by atoms with Gasteiger partial charge in [0.1, 0.15) is 18.5 Å². The molecular weight excluding hydrogens is 332 g/mol. The molecule has 0 saturated heterocycles. The van der Waals surface area contributed by atoms with Crippen LogP contribution in [0.15, 0.2) is 53.3 Å². The quantitative estimate of drug-likeness (QED) is 0.805. The molecule has 0 fully saturated rings. The summed E-state index contributed by atoms with van der Waals surface area (Å²) >= 11 is 3.38. The van der Waals surface area contributed by atoms with Gasteiger partial charge in [-0.1, -0.05) is 28.1 Å². The van der Waals surface area contributed by atoms with E-state index >= 15 is 0 Å². The Morgan fingerprint density at radius 3 is 2.90 bits per heavy atom. The summed E-state index contributed by atoms with van der Waals surface area (Å²) in [6.07, 6.45) is 3.00. The Balaban J connectivity index is 1.73. The van der Waals surface area contributed by atoms with Gasteiger partial charge in [0.25, 0.3) is 0 Å². The molecule has 1 aromatic heterocycles. The van der Waals surface area contributed by atoms with E-state index < -0.39 is 6.10 Å². The number of aromatic nitrogens is 1. The van der Waals surface area contributed by atoms with Gasteiger partial charge in [0.2, 0.25) is 0 Å². The standard InChI is InChI=1S/C16H19BrN2O2/c1-12(13-4-3-7-18-9-13)19-10-15(20)11-21-16-6-2-5-14(17)8-16/h2-9,12,15,19-20H,10-11H2,1H3/t12-,15?/m0/s1. The van der Waals surface area contributed by atoms with Crippen molar-refractivity contribution in [1.29, 1.82) is 0 Å². The summed E-state index contributed by atoms with van der Waals surface area (Å²) in [5.74, 6) is 0.740. The zero-order valence-electron chi connectivity index (χ0n) is 11.9. The van der Waals surface area contributed by atoms with E-state index in [0.717, 1.165) is 15.8 Å². The molecule has 4 nitrogen and oxygen atoms in total. The van der Waals surface area contributed by atoms with Gasteiger partial charge in [0.05, 0.1) is 0 Å². The lowest BCUT2D eigenvalue weighted by molar-refractivity contribution is 0.104. The Kier molecular flexibility index (Phi) is 6.17. The Morgan fingerprint density at radius 2 is 2.19 bits per heavy atom. The van der Waals surface area contributed by atoms with Gasteiger partial charge in [-0.2, -0.15) is 0 Å². The largest absolute Gasteiger partial charge is 0.491 e. The van der Waals surface area contributed by atoms with Crippen LogP contribution >= 0.6 is 15.9 Å². The molecule has 0 saturated carbocycles. The van der Waals surface area contributed by atoms with Crippen molar-refractivity contribution in [3.05, 3.63) is 58.8 Å². The molecule has 0 radical (unpaired) electrons. The minimum atomic E-state index is -0.567. The van der Waals surface area contributed by atoms with E-state index in [9.17, 15) is 5.11 Å². The first-order valence-electron chi connectivity index (χ1n) is 6.85. The number of aliphatic hydroxyl groups is 1. The highest BCUT2D eigenvalue weighted by molar-refractivity contribution is 9.10. The van der Waals surface area contributed by atoms with Crippen molar-refractivity contribution in [3.63, 3.8) is 0 Å². The number of halogens is 1. The molecule has 5 heteroatoms. The van der Waals surface area contributed by atoms with Gasteiger partial charge in [-0.25, -0.2) is 0 Å². The fraction of sp³-hybridized carbons (Fsp3) is 0.312. The predicted molar refractivity (Wildman–Crippen MR) is 86.3 cm³/mol. The third-order valence-electron chi connectivity index (χ3n) is 3.08. The van der Waals surface area contributed by atoms with Crippen LogP contribution < -0.4 is 10.1 Å². The summed E-state index contributed by atoms with van der Waals surface area (Å²) in [4.78, 5) is 4.09. The zero-order valence-corrected chi connectivity index (χ0v) is 13.5. The van der Waals surface area contributed by atoms with Crippen molar-refractivity contribution in [2.75, 3.05) is 13.2 Å². The second-order valence-electron chi connectivity index (χ2n) is 4.84. The molecule has 2 rings (SSSR count). The van der Waals surface area contributed by atoms with Gasteiger partial charge in [-0.15, -0.1) is 0 Å². The summed E-state index contributed by atoms with van der Waals surface area (Å²) in [5, 5.41) is 13.2. The van der Waals surface area contributed by atoms with Gasteiger partial charge in [0, 0.05) is 29.5 Å². The van der Waals surface area contributed by atoms with E-state index in [1.807, 2.05) is 49.5 Å². The van der Waals surface area contributed by atoms with Crippen molar-refractivity contribution >= 4 is 15.9 Å². The van der Waals surface area contributed by atoms with E-state index in [1.165, 1.54) is 0 Å².